The minimum atomic E-state index is 0.223. The molecule has 0 aliphatic carbocycles. The van der Waals surface area contributed by atoms with Gasteiger partial charge in [0.25, 0.3) is 0 Å². The molecule has 3 N–H and O–H groups in total. The maximum atomic E-state index is 5.81. The third kappa shape index (κ3) is 4.04. The summed E-state index contributed by atoms with van der Waals surface area (Å²) in [6.45, 7) is 2.89. The molecular formula is C10H15ClN2. The maximum absolute atomic E-state index is 5.81. The number of halogens is 1. The summed E-state index contributed by atoms with van der Waals surface area (Å²) in [7, 11) is 0. The molecule has 1 aromatic carbocycles. The summed E-state index contributed by atoms with van der Waals surface area (Å²) >= 11 is 5.81. The van der Waals surface area contributed by atoms with Crippen molar-refractivity contribution in [2.24, 2.45) is 0 Å². The summed E-state index contributed by atoms with van der Waals surface area (Å²) in [4.78, 5) is 0. The zero-order chi connectivity index (χ0) is 9.68. The van der Waals surface area contributed by atoms with Gasteiger partial charge in [-0.2, -0.15) is 0 Å². The molecule has 1 rings (SSSR count). The fourth-order valence-electron chi connectivity index (χ4n) is 1.02. The number of benzene rings is 1. The summed E-state index contributed by atoms with van der Waals surface area (Å²) in [5.41, 5.74) is 7.43. The van der Waals surface area contributed by atoms with E-state index in [1.54, 1.807) is 0 Å². The van der Waals surface area contributed by atoms with E-state index in [4.69, 9.17) is 17.3 Å². The molecule has 1 aromatic rings. The van der Waals surface area contributed by atoms with E-state index in [-0.39, 0.29) is 5.38 Å². The van der Waals surface area contributed by atoms with Gasteiger partial charge in [0.1, 0.15) is 0 Å². The van der Waals surface area contributed by atoms with Crippen LogP contribution < -0.4 is 11.1 Å². The van der Waals surface area contributed by atoms with Crippen LogP contribution in [0.1, 0.15) is 13.3 Å². The molecule has 0 spiro atoms. The zero-order valence-electron chi connectivity index (χ0n) is 7.76. The fraction of sp³-hybridized carbons (Fsp3) is 0.400. The summed E-state index contributed by atoms with van der Waals surface area (Å²) in [5, 5.41) is 3.49. The van der Waals surface area contributed by atoms with Crippen molar-refractivity contribution in [2.75, 3.05) is 17.6 Å². The van der Waals surface area contributed by atoms with Gasteiger partial charge in [0, 0.05) is 23.3 Å². The second kappa shape index (κ2) is 4.97. The van der Waals surface area contributed by atoms with Crippen LogP contribution in [0.3, 0.4) is 0 Å². The van der Waals surface area contributed by atoms with E-state index in [9.17, 15) is 0 Å². The molecule has 0 bridgehead atoms. The highest BCUT2D eigenvalue weighted by atomic mass is 35.5. The van der Waals surface area contributed by atoms with Gasteiger partial charge in [-0.1, -0.05) is 0 Å². The third-order valence-corrected chi connectivity index (χ3v) is 2.00. The largest absolute Gasteiger partial charge is 0.399 e. The Morgan fingerprint density at radius 2 is 2.00 bits per heavy atom. The number of nitrogens with two attached hydrogens (primary N) is 1. The molecule has 1 unspecified atom stereocenters. The molecule has 0 radical (unpaired) electrons. The van der Waals surface area contributed by atoms with Crippen molar-refractivity contribution in [2.45, 2.75) is 18.7 Å². The molecule has 0 amide bonds. The predicted octanol–water partition coefficient (Wildman–Crippen LogP) is 2.70. The number of anilines is 2. The molecule has 3 heteroatoms. The Bertz CT molecular complexity index is 244. The van der Waals surface area contributed by atoms with Crippen LogP contribution >= 0.6 is 11.6 Å². The number of hydrogen-bond donors (Lipinski definition) is 2. The number of rotatable bonds is 4. The van der Waals surface area contributed by atoms with Crippen LogP contribution in [0.2, 0.25) is 0 Å². The van der Waals surface area contributed by atoms with Crippen LogP contribution in [-0.4, -0.2) is 11.9 Å². The van der Waals surface area contributed by atoms with Gasteiger partial charge in [0.05, 0.1) is 0 Å². The molecule has 1 atom stereocenters. The van der Waals surface area contributed by atoms with Crippen LogP contribution in [0.15, 0.2) is 24.3 Å². The van der Waals surface area contributed by atoms with Crippen molar-refractivity contribution in [3.05, 3.63) is 24.3 Å². The Morgan fingerprint density at radius 3 is 2.54 bits per heavy atom. The first kappa shape index (κ1) is 10.2. The van der Waals surface area contributed by atoms with Gasteiger partial charge in [-0.25, -0.2) is 0 Å². The van der Waals surface area contributed by atoms with Gasteiger partial charge >= 0.3 is 0 Å². The van der Waals surface area contributed by atoms with Crippen LogP contribution in [0.4, 0.5) is 11.4 Å². The lowest BCUT2D eigenvalue weighted by molar-refractivity contribution is 0.843. The summed E-state index contributed by atoms with van der Waals surface area (Å²) in [6, 6.07) is 7.70. The second-order valence-electron chi connectivity index (χ2n) is 3.12. The zero-order valence-corrected chi connectivity index (χ0v) is 8.51. The minimum absolute atomic E-state index is 0.223. The molecular weight excluding hydrogens is 184 g/mol. The quantitative estimate of drug-likeness (QED) is 0.577. The average Bonchev–Trinajstić information content (AvgIpc) is 2.08. The first-order valence-electron chi connectivity index (χ1n) is 4.42. The summed E-state index contributed by atoms with van der Waals surface area (Å²) in [6.07, 6.45) is 0.964. The van der Waals surface area contributed by atoms with E-state index in [0.29, 0.717) is 0 Å². The Labute approximate surface area is 84.1 Å². The molecule has 0 aliphatic rings. The van der Waals surface area contributed by atoms with E-state index >= 15 is 0 Å². The van der Waals surface area contributed by atoms with E-state index in [0.717, 1.165) is 24.3 Å². The summed E-state index contributed by atoms with van der Waals surface area (Å²) < 4.78 is 0. The molecule has 0 heterocycles. The molecule has 0 aromatic heterocycles. The normalized spacial score (nSPS) is 12.5. The lowest BCUT2D eigenvalue weighted by atomic mass is 10.2. The highest BCUT2D eigenvalue weighted by Gasteiger charge is 1.95. The first-order chi connectivity index (χ1) is 6.18. The molecule has 2 nitrogen and oxygen atoms in total. The van der Waals surface area contributed by atoms with Crippen molar-refractivity contribution in [3.63, 3.8) is 0 Å². The summed E-state index contributed by atoms with van der Waals surface area (Å²) in [5.74, 6) is 0. The highest BCUT2D eigenvalue weighted by Crippen LogP contribution is 2.10. The van der Waals surface area contributed by atoms with E-state index in [1.165, 1.54) is 0 Å². The minimum Gasteiger partial charge on any atom is -0.399 e. The van der Waals surface area contributed by atoms with Crippen molar-refractivity contribution in [3.8, 4) is 0 Å². The van der Waals surface area contributed by atoms with Crippen LogP contribution in [-0.2, 0) is 0 Å². The average molecular weight is 199 g/mol. The highest BCUT2D eigenvalue weighted by molar-refractivity contribution is 6.20. The van der Waals surface area contributed by atoms with Crippen molar-refractivity contribution in [1.29, 1.82) is 0 Å². The number of nitrogen functional groups attached to an aromatic ring is 1. The van der Waals surface area contributed by atoms with Crippen molar-refractivity contribution < 1.29 is 0 Å². The lowest BCUT2D eigenvalue weighted by Gasteiger charge is -2.07. The van der Waals surface area contributed by atoms with Crippen molar-refractivity contribution in [1.82, 2.24) is 0 Å². The van der Waals surface area contributed by atoms with E-state index in [1.807, 2.05) is 31.2 Å². The Kier molecular flexibility index (Phi) is 3.90. The molecule has 72 valence electrons. The Morgan fingerprint density at radius 1 is 1.38 bits per heavy atom. The fourth-order valence-corrected chi connectivity index (χ4v) is 1.13. The van der Waals surface area contributed by atoms with Gasteiger partial charge in [-0.15, -0.1) is 11.6 Å². The van der Waals surface area contributed by atoms with Gasteiger partial charge in [0.15, 0.2) is 0 Å². The molecule has 13 heavy (non-hydrogen) atoms. The second-order valence-corrected chi connectivity index (χ2v) is 3.86. The predicted molar refractivity (Wildman–Crippen MR) is 59.3 cm³/mol. The number of hydrogen-bond acceptors (Lipinski definition) is 2. The SMILES string of the molecule is CC(Cl)CCNc1ccc(N)cc1. The van der Waals surface area contributed by atoms with Crippen LogP contribution in [0.5, 0.6) is 0 Å². The molecule has 0 saturated heterocycles. The van der Waals surface area contributed by atoms with E-state index < -0.39 is 0 Å². The van der Waals surface area contributed by atoms with Gasteiger partial charge in [-0.3, -0.25) is 0 Å². The maximum Gasteiger partial charge on any atom is 0.0341 e. The Hall–Kier alpha value is -0.890. The van der Waals surface area contributed by atoms with Crippen molar-refractivity contribution >= 4 is 23.0 Å². The first-order valence-corrected chi connectivity index (χ1v) is 4.85. The Balaban J connectivity index is 2.33. The van der Waals surface area contributed by atoms with Gasteiger partial charge < -0.3 is 11.1 Å². The van der Waals surface area contributed by atoms with Crippen LogP contribution in [0, 0.1) is 0 Å². The van der Waals surface area contributed by atoms with Gasteiger partial charge in [-0.05, 0) is 37.6 Å². The monoisotopic (exact) mass is 198 g/mol. The van der Waals surface area contributed by atoms with Gasteiger partial charge in [0.2, 0.25) is 0 Å². The topological polar surface area (TPSA) is 38.0 Å². The standard InChI is InChI=1S/C10H15ClN2/c1-8(11)6-7-13-10-4-2-9(12)3-5-10/h2-5,8,13H,6-7,12H2,1H3. The van der Waals surface area contributed by atoms with E-state index in [2.05, 4.69) is 5.32 Å². The third-order valence-electron chi connectivity index (χ3n) is 1.78. The number of nitrogens with one attached hydrogen (secondary N) is 1. The van der Waals surface area contributed by atoms with Crippen LogP contribution in [0.25, 0.3) is 0 Å². The molecule has 0 saturated carbocycles. The molecule has 0 aliphatic heterocycles. The molecule has 0 fully saturated rings. The number of alkyl halides is 1. The lowest BCUT2D eigenvalue weighted by Crippen LogP contribution is -2.05. The smallest absolute Gasteiger partial charge is 0.0341 e.